The molecule has 0 saturated carbocycles. The highest BCUT2D eigenvalue weighted by molar-refractivity contribution is 5.88. The number of likely N-dealkylation sites (N-methyl/N-ethyl adjacent to an activating group) is 1. The van der Waals surface area contributed by atoms with E-state index in [0.29, 0.717) is 18.7 Å². The molecule has 3 rings (SSSR count). The minimum absolute atomic E-state index is 0.0431. The van der Waals surface area contributed by atoms with Gasteiger partial charge >= 0.3 is 0 Å². The Bertz CT molecular complexity index is 1030. The van der Waals surface area contributed by atoms with Gasteiger partial charge in [0.2, 0.25) is 11.8 Å². The predicted octanol–water partition coefficient (Wildman–Crippen LogP) is 2.38. The second-order valence-corrected chi connectivity index (χ2v) is 8.34. The number of aromatic nitrogens is 3. The molecule has 2 unspecified atom stereocenters. The van der Waals surface area contributed by atoms with E-state index in [9.17, 15) is 14.7 Å². The van der Waals surface area contributed by atoms with Crippen LogP contribution in [0.3, 0.4) is 0 Å². The lowest BCUT2D eigenvalue weighted by Gasteiger charge is -2.24. The summed E-state index contributed by atoms with van der Waals surface area (Å²) >= 11 is 0. The topological polar surface area (TPSA) is 113 Å². The molecule has 2 heterocycles. The highest BCUT2D eigenvalue weighted by Crippen LogP contribution is 2.25. The van der Waals surface area contributed by atoms with E-state index in [1.165, 1.54) is 6.07 Å². The Morgan fingerprint density at radius 2 is 1.94 bits per heavy atom. The predicted molar refractivity (Wildman–Crippen MR) is 115 cm³/mol. The van der Waals surface area contributed by atoms with Crippen molar-refractivity contribution in [2.24, 2.45) is 11.8 Å². The fourth-order valence-corrected chi connectivity index (χ4v) is 3.65. The number of hydrogen-bond acceptors (Lipinski definition) is 6. The highest BCUT2D eigenvalue weighted by atomic mass is 16.3. The van der Waals surface area contributed by atoms with Gasteiger partial charge in [0.05, 0.1) is 12.7 Å². The van der Waals surface area contributed by atoms with Gasteiger partial charge < -0.3 is 24.3 Å². The summed E-state index contributed by atoms with van der Waals surface area (Å²) in [6, 6.07) is 4.47. The molecule has 0 aliphatic rings. The molecule has 9 nitrogen and oxygen atoms in total. The molecular weight excluding hydrogens is 398 g/mol. The highest BCUT2D eigenvalue weighted by Gasteiger charge is 2.24. The van der Waals surface area contributed by atoms with E-state index in [4.69, 9.17) is 4.42 Å². The van der Waals surface area contributed by atoms with Crippen LogP contribution in [0.25, 0.3) is 11.0 Å². The first-order valence-electron chi connectivity index (χ1n) is 10.3. The summed E-state index contributed by atoms with van der Waals surface area (Å²) < 4.78 is 7.14. The lowest BCUT2D eigenvalue weighted by Crippen LogP contribution is -2.40. The molecule has 2 amide bonds. The summed E-state index contributed by atoms with van der Waals surface area (Å²) in [7, 11) is 1.75. The number of furan rings is 1. The number of nitrogens with zero attached hydrogens (tertiary/aromatic N) is 4. The zero-order chi connectivity index (χ0) is 22.5. The minimum atomic E-state index is -0.379. The molecule has 0 fully saturated rings. The number of amides is 2. The standard InChI is InChI=1S/C22H29N5O4/c1-14(2)21(27-12-24-25-13-27)22(30)23-9-15(3)10-26(4)20(29)7-16-11-31-19-8-17(28)5-6-18(16)19/h5-6,8,11-15,21,28H,7,9-10H2,1-4H3,(H,23,30). The summed E-state index contributed by atoms with van der Waals surface area (Å²) in [5.41, 5.74) is 1.33. The number of carbonyl (C=O) groups excluding carboxylic acids is 2. The van der Waals surface area contributed by atoms with Crippen LogP contribution in [-0.4, -0.2) is 56.7 Å². The van der Waals surface area contributed by atoms with E-state index in [2.05, 4.69) is 15.5 Å². The van der Waals surface area contributed by atoms with Crippen molar-refractivity contribution < 1.29 is 19.1 Å². The zero-order valence-electron chi connectivity index (χ0n) is 18.3. The number of phenolic OH excluding ortho intramolecular Hbond substituents is 1. The molecule has 0 bridgehead atoms. The van der Waals surface area contributed by atoms with E-state index < -0.39 is 0 Å². The summed E-state index contributed by atoms with van der Waals surface area (Å²) in [4.78, 5) is 27.0. The van der Waals surface area contributed by atoms with Gasteiger partial charge in [-0.3, -0.25) is 9.59 Å². The number of benzene rings is 1. The summed E-state index contributed by atoms with van der Waals surface area (Å²) in [5.74, 6) is 0.144. The molecule has 9 heteroatoms. The third-order valence-corrected chi connectivity index (χ3v) is 5.27. The lowest BCUT2D eigenvalue weighted by atomic mass is 10.0. The summed E-state index contributed by atoms with van der Waals surface area (Å²) in [6.45, 7) is 6.90. The first-order valence-corrected chi connectivity index (χ1v) is 10.3. The van der Waals surface area contributed by atoms with Gasteiger partial charge in [-0.05, 0) is 24.0 Å². The molecule has 1 aromatic carbocycles. The molecule has 0 saturated heterocycles. The SMILES string of the molecule is CC(CNC(=O)C(C(C)C)n1cnnc1)CN(C)C(=O)Cc1coc2cc(O)ccc12. The van der Waals surface area contributed by atoms with Crippen molar-refractivity contribution in [1.29, 1.82) is 0 Å². The van der Waals surface area contributed by atoms with Gasteiger partial charge in [0.25, 0.3) is 0 Å². The van der Waals surface area contributed by atoms with Crippen molar-refractivity contribution >= 4 is 22.8 Å². The van der Waals surface area contributed by atoms with Crippen LogP contribution in [0.1, 0.15) is 32.4 Å². The van der Waals surface area contributed by atoms with Crippen LogP contribution < -0.4 is 5.32 Å². The molecule has 2 N–H and O–H groups in total. The summed E-state index contributed by atoms with van der Waals surface area (Å²) in [6.07, 6.45) is 4.84. The minimum Gasteiger partial charge on any atom is -0.508 e. The summed E-state index contributed by atoms with van der Waals surface area (Å²) in [5, 5.41) is 20.9. The van der Waals surface area contributed by atoms with Crippen molar-refractivity contribution in [2.75, 3.05) is 20.1 Å². The number of fused-ring (bicyclic) bond motifs is 1. The van der Waals surface area contributed by atoms with Crippen molar-refractivity contribution in [3.05, 3.63) is 42.7 Å². The lowest BCUT2D eigenvalue weighted by molar-refractivity contribution is -0.129. The second kappa shape index (κ2) is 9.63. The molecule has 2 aromatic heterocycles. The fourth-order valence-electron chi connectivity index (χ4n) is 3.65. The van der Waals surface area contributed by atoms with Crippen molar-refractivity contribution in [3.63, 3.8) is 0 Å². The Hall–Kier alpha value is -3.36. The molecule has 0 spiro atoms. The molecule has 3 aromatic rings. The van der Waals surface area contributed by atoms with Gasteiger partial charge in [-0.15, -0.1) is 10.2 Å². The van der Waals surface area contributed by atoms with Crippen LogP contribution in [0.5, 0.6) is 5.75 Å². The average molecular weight is 428 g/mol. The normalized spacial score (nSPS) is 13.3. The Morgan fingerprint density at radius 3 is 2.61 bits per heavy atom. The van der Waals surface area contributed by atoms with Crippen molar-refractivity contribution in [2.45, 2.75) is 33.2 Å². The van der Waals surface area contributed by atoms with Crippen molar-refractivity contribution in [3.8, 4) is 5.75 Å². The van der Waals surface area contributed by atoms with E-state index in [0.717, 1.165) is 10.9 Å². The van der Waals surface area contributed by atoms with Gasteiger partial charge in [-0.1, -0.05) is 20.8 Å². The van der Waals surface area contributed by atoms with Crippen LogP contribution >= 0.6 is 0 Å². The van der Waals surface area contributed by atoms with Crippen LogP contribution in [0, 0.1) is 11.8 Å². The molecule has 0 aliphatic heterocycles. The number of aromatic hydroxyl groups is 1. The largest absolute Gasteiger partial charge is 0.508 e. The molecule has 166 valence electrons. The monoisotopic (exact) mass is 427 g/mol. The van der Waals surface area contributed by atoms with Gasteiger partial charge in [0.15, 0.2) is 0 Å². The Morgan fingerprint density at radius 1 is 1.23 bits per heavy atom. The molecule has 0 radical (unpaired) electrons. The smallest absolute Gasteiger partial charge is 0.243 e. The third-order valence-electron chi connectivity index (χ3n) is 5.27. The Kier molecular flexibility index (Phi) is 6.94. The number of phenols is 1. The number of rotatable bonds is 9. The van der Waals surface area contributed by atoms with Crippen LogP contribution in [-0.2, 0) is 16.0 Å². The second-order valence-electron chi connectivity index (χ2n) is 8.34. The van der Waals surface area contributed by atoms with Gasteiger partial charge in [0, 0.05) is 37.2 Å². The number of carbonyl (C=O) groups is 2. The Balaban J connectivity index is 1.51. The van der Waals surface area contributed by atoms with Crippen LogP contribution in [0.15, 0.2) is 41.5 Å². The average Bonchev–Trinajstić information content (AvgIpc) is 3.36. The van der Waals surface area contributed by atoms with E-state index in [1.54, 1.807) is 47.6 Å². The van der Waals surface area contributed by atoms with Crippen LogP contribution in [0.4, 0.5) is 0 Å². The van der Waals surface area contributed by atoms with Gasteiger partial charge in [-0.25, -0.2) is 0 Å². The van der Waals surface area contributed by atoms with E-state index in [1.807, 2.05) is 20.8 Å². The maximum atomic E-state index is 12.7. The van der Waals surface area contributed by atoms with E-state index >= 15 is 0 Å². The fraction of sp³-hybridized carbons (Fsp3) is 0.455. The van der Waals surface area contributed by atoms with E-state index in [-0.39, 0.29) is 41.9 Å². The van der Waals surface area contributed by atoms with Gasteiger partial charge in [-0.2, -0.15) is 0 Å². The first-order chi connectivity index (χ1) is 14.8. The van der Waals surface area contributed by atoms with Crippen LogP contribution in [0.2, 0.25) is 0 Å². The molecule has 0 aliphatic carbocycles. The maximum Gasteiger partial charge on any atom is 0.243 e. The number of nitrogens with one attached hydrogen (secondary N) is 1. The first kappa shape index (κ1) is 22.3. The van der Waals surface area contributed by atoms with Gasteiger partial charge in [0.1, 0.15) is 30.0 Å². The molecular formula is C22H29N5O4. The molecule has 31 heavy (non-hydrogen) atoms. The molecule has 2 atom stereocenters. The third kappa shape index (κ3) is 5.42. The number of hydrogen-bond donors (Lipinski definition) is 2. The maximum absolute atomic E-state index is 12.7. The quantitative estimate of drug-likeness (QED) is 0.542. The zero-order valence-corrected chi connectivity index (χ0v) is 18.3. The van der Waals surface area contributed by atoms with Crippen molar-refractivity contribution in [1.82, 2.24) is 25.0 Å². The Labute approximate surface area is 181 Å².